The molecule has 2 heterocycles. The predicted molar refractivity (Wildman–Crippen MR) is 79.2 cm³/mol. The fraction of sp³-hybridized carbons (Fsp3) is 0.312. The highest BCUT2D eigenvalue weighted by atomic mass is 16.5. The molecule has 0 saturated heterocycles. The zero-order chi connectivity index (χ0) is 14.7. The topological polar surface area (TPSA) is 63.5 Å². The van der Waals surface area contributed by atoms with E-state index in [1.807, 2.05) is 37.4 Å². The van der Waals surface area contributed by atoms with Crippen molar-refractivity contribution in [1.82, 2.24) is 5.32 Å². The van der Waals surface area contributed by atoms with Crippen LogP contribution in [0, 0.1) is 0 Å². The number of hydrogen-bond donors (Lipinski definition) is 2. The minimum Gasteiger partial charge on any atom is -0.486 e. The third-order valence-electron chi connectivity index (χ3n) is 3.42. The van der Waals surface area contributed by atoms with Crippen molar-refractivity contribution in [3.05, 3.63) is 47.4 Å². The van der Waals surface area contributed by atoms with Crippen molar-refractivity contribution in [3.63, 3.8) is 0 Å². The van der Waals surface area contributed by atoms with Crippen LogP contribution in [0.1, 0.15) is 23.5 Å². The highest BCUT2D eigenvalue weighted by Gasteiger charge is 2.15. The van der Waals surface area contributed by atoms with E-state index < -0.39 is 0 Å². The highest BCUT2D eigenvalue weighted by Crippen LogP contribution is 2.27. The van der Waals surface area contributed by atoms with Gasteiger partial charge in [-0.25, -0.2) is 0 Å². The molecule has 110 valence electrons. The van der Waals surface area contributed by atoms with E-state index >= 15 is 0 Å². The second-order valence-electron chi connectivity index (χ2n) is 5.05. The van der Waals surface area contributed by atoms with E-state index in [1.165, 1.54) is 0 Å². The van der Waals surface area contributed by atoms with Gasteiger partial charge in [-0.1, -0.05) is 0 Å². The molecule has 0 bridgehead atoms. The number of aryl methyl sites for hydroxylation is 1. The van der Waals surface area contributed by atoms with Crippen LogP contribution < -0.4 is 15.4 Å². The van der Waals surface area contributed by atoms with Crippen LogP contribution in [0.3, 0.4) is 0 Å². The molecule has 1 aliphatic rings. The van der Waals surface area contributed by atoms with E-state index in [9.17, 15) is 4.79 Å². The van der Waals surface area contributed by atoms with E-state index in [0.717, 1.165) is 34.9 Å². The summed E-state index contributed by atoms with van der Waals surface area (Å²) < 4.78 is 11.4. The summed E-state index contributed by atoms with van der Waals surface area (Å²) in [4.78, 5) is 11.3. The Labute approximate surface area is 123 Å². The number of furan rings is 1. The summed E-state index contributed by atoms with van der Waals surface area (Å²) in [5, 5.41) is 5.90. The van der Waals surface area contributed by atoms with Gasteiger partial charge in [-0.3, -0.25) is 4.79 Å². The van der Waals surface area contributed by atoms with Crippen LogP contribution in [-0.2, 0) is 24.4 Å². The molecule has 1 aliphatic heterocycles. The third kappa shape index (κ3) is 3.25. The molecule has 2 N–H and O–H groups in total. The average Bonchev–Trinajstić information content (AvgIpc) is 2.93. The molecule has 0 saturated carbocycles. The summed E-state index contributed by atoms with van der Waals surface area (Å²) in [6, 6.07) is 9.59. The minimum atomic E-state index is 0.0730. The lowest BCUT2D eigenvalue weighted by Crippen LogP contribution is -2.18. The first kappa shape index (κ1) is 13.7. The van der Waals surface area contributed by atoms with Crippen LogP contribution in [0.4, 0.5) is 5.69 Å². The van der Waals surface area contributed by atoms with Gasteiger partial charge < -0.3 is 19.8 Å². The number of amides is 1. The van der Waals surface area contributed by atoms with Crippen molar-refractivity contribution in [1.29, 1.82) is 0 Å². The van der Waals surface area contributed by atoms with Crippen LogP contribution >= 0.6 is 0 Å². The number of carbonyl (C=O) groups excluding carboxylic acids is 1. The predicted octanol–water partition coefficient (Wildman–Crippen LogP) is 2.46. The van der Waals surface area contributed by atoms with Crippen LogP contribution in [-0.4, -0.2) is 13.0 Å². The Balaban J connectivity index is 1.63. The van der Waals surface area contributed by atoms with Crippen molar-refractivity contribution >= 4 is 11.6 Å². The third-order valence-corrected chi connectivity index (χ3v) is 3.42. The Morgan fingerprint density at radius 2 is 2.10 bits per heavy atom. The summed E-state index contributed by atoms with van der Waals surface area (Å²) in [5.74, 6) is 2.55. The average molecular weight is 286 g/mol. The second kappa shape index (κ2) is 6.01. The van der Waals surface area contributed by atoms with E-state index in [2.05, 4.69) is 10.6 Å². The fourth-order valence-corrected chi connectivity index (χ4v) is 2.37. The van der Waals surface area contributed by atoms with Crippen molar-refractivity contribution in [3.8, 4) is 5.75 Å². The molecule has 0 unspecified atom stereocenters. The molecule has 1 aromatic carbocycles. The molecule has 0 aliphatic carbocycles. The molecule has 0 spiro atoms. The maximum atomic E-state index is 11.3. The minimum absolute atomic E-state index is 0.0730. The van der Waals surface area contributed by atoms with Gasteiger partial charge in [0.1, 0.15) is 23.9 Å². The van der Waals surface area contributed by atoms with Gasteiger partial charge >= 0.3 is 0 Å². The van der Waals surface area contributed by atoms with Crippen molar-refractivity contribution in [2.24, 2.45) is 0 Å². The molecule has 21 heavy (non-hydrogen) atoms. The van der Waals surface area contributed by atoms with Gasteiger partial charge in [0, 0.05) is 12.1 Å². The number of benzene rings is 1. The van der Waals surface area contributed by atoms with Gasteiger partial charge in [0.2, 0.25) is 5.91 Å². The van der Waals surface area contributed by atoms with E-state index in [-0.39, 0.29) is 5.91 Å². The van der Waals surface area contributed by atoms with Crippen molar-refractivity contribution < 1.29 is 13.9 Å². The van der Waals surface area contributed by atoms with Crippen LogP contribution in [0.2, 0.25) is 0 Å². The molecular formula is C16H18N2O3. The standard InChI is InChI=1S/C16H18N2O3/c1-17-9-13-3-4-14(21-13)10-20-12-5-6-15-11(8-12)2-7-16(19)18-15/h3-6,8,17H,2,7,9-10H2,1H3,(H,18,19). The number of fused-ring (bicyclic) bond motifs is 1. The zero-order valence-electron chi connectivity index (χ0n) is 11.9. The lowest BCUT2D eigenvalue weighted by atomic mass is 10.0. The Morgan fingerprint density at radius 3 is 2.95 bits per heavy atom. The quantitative estimate of drug-likeness (QED) is 0.886. The molecular weight excluding hydrogens is 268 g/mol. The summed E-state index contributed by atoms with van der Waals surface area (Å²) >= 11 is 0. The molecule has 0 atom stereocenters. The van der Waals surface area contributed by atoms with Crippen molar-refractivity contribution in [2.75, 3.05) is 12.4 Å². The lowest BCUT2D eigenvalue weighted by Gasteiger charge is -2.17. The highest BCUT2D eigenvalue weighted by molar-refractivity contribution is 5.93. The fourth-order valence-electron chi connectivity index (χ4n) is 2.37. The van der Waals surface area contributed by atoms with Crippen LogP contribution in [0.5, 0.6) is 5.75 Å². The monoisotopic (exact) mass is 286 g/mol. The normalized spacial score (nSPS) is 13.7. The van der Waals surface area contributed by atoms with Gasteiger partial charge in [0.15, 0.2) is 0 Å². The maximum Gasteiger partial charge on any atom is 0.224 e. The SMILES string of the molecule is CNCc1ccc(COc2ccc3c(c2)CCC(=O)N3)o1. The lowest BCUT2D eigenvalue weighted by molar-refractivity contribution is -0.116. The van der Waals surface area contributed by atoms with Gasteiger partial charge in [0.25, 0.3) is 0 Å². The van der Waals surface area contributed by atoms with Crippen LogP contribution in [0.25, 0.3) is 0 Å². The number of rotatable bonds is 5. The zero-order valence-corrected chi connectivity index (χ0v) is 11.9. The first-order chi connectivity index (χ1) is 10.2. The van der Waals surface area contributed by atoms with E-state index in [1.54, 1.807) is 0 Å². The van der Waals surface area contributed by atoms with Crippen LogP contribution in [0.15, 0.2) is 34.7 Å². The first-order valence-electron chi connectivity index (χ1n) is 7.02. The number of hydrogen-bond acceptors (Lipinski definition) is 4. The summed E-state index contributed by atoms with van der Waals surface area (Å²) in [5.41, 5.74) is 2.00. The number of anilines is 1. The Morgan fingerprint density at radius 1 is 1.24 bits per heavy atom. The molecule has 0 fully saturated rings. The molecule has 1 amide bonds. The Kier molecular flexibility index (Phi) is 3.92. The molecule has 0 radical (unpaired) electrons. The summed E-state index contributed by atoms with van der Waals surface area (Å²) in [6.45, 7) is 1.10. The van der Waals surface area contributed by atoms with Gasteiger partial charge in [-0.15, -0.1) is 0 Å². The van der Waals surface area contributed by atoms with E-state index in [4.69, 9.17) is 9.15 Å². The summed E-state index contributed by atoms with van der Waals surface area (Å²) in [7, 11) is 1.88. The first-order valence-corrected chi connectivity index (χ1v) is 7.02. The molecule has 5 nitrogen and oxygen atoms in total. The van der Waals surface area contributed by atoms with Gasteiger partial charge in [0.05, 0.1) is 6.54 Å². The number of nitrogens with one attached hydrogen (secondary N) is 2. The summed E-state index contributed by atoms with van der Waals surface area (Å²) in [6.07, 6.45) is 1.29. The van der Waals surface area contributed by atoms with E-state index in [0.29, 0.717) is 19.6 Å². The van der Waals surface area contributed by atoms with Crippen molar-refractivity contribution in [2.45, 2.75) is 26.0 Å². The largest absolute Gasteiger partial charge is 0.486 e. The maximum absolute atomic E-state index is 11.3. The number of carbonyl (C=O) groups is 1. The Hall–Kier alpha value is -2.27. The molecule has 5 heteroatoms. The second-order valence-corrected chi connectivity index (χ2v) is 5.05. The van der Waals surface area contributed by atoms with Gasteiger partial charge in [-0.2, -0.15) is 0 Å². The molecule has 2 aromatic rings. The molecule has 1 aromatic heterocycles. The number of ether oxygens (including phenoxy) is 1. The molecule has 3 rings (SSSR count). The Bertz CT molecular complexity index is 649. The smallest absolute Gasteiger partial charge is 0.224 e. The van der Waals surface area contributed by atoms with Gasteiger partial charge in [-0.05, 0) is 49.4 Å².